The Morgan fingerprint density at radius 1 is 1.00 bits per heavy atom. The van der Waals surface area contributed by atoms with E-state index in [2.05, 4.69) is 10.6 Å². The molecule has 0 aliphatic heterocycles. The van der Waals surface area contributed by atoms with Gasteiger partial charge in [0, 0.05) is 22.7 Å². The summed E-state index contributed by atoms with van der Waals surface area (Å²) in [6, 6.07) is 15.3. The van der Waals surface area contributed by atoms with Crippen LogP contribution in [0, 0.1) is 12.3 Å². The lowest BCUT2D eigenvalue weighted by molar-refractivity contribution is -0.118. The zero-order valence-corrected chi connectivity index (χ0v) is 17.4. The van der Waals surface area contributed by atoms with Crippen LogP contribution in [0.5, 0.6) is 0 Å². The van der Waals surface area contributed by atoms with Crippen LogP contribution in [0.1, 0.15) is 39.7 Å². The molecule has 0 bridgehead atoms. The Morgan fingerprint density at radius 2 is 1.67 bits per heavy atom. The van der Waals surface area contributed by atoms with Crippen molar-refractivity contribution in [3.8, 4) is 0 Å². The van der Waals surface area contributed by atoms with E-state index in [1.54, 1.807) is 0 Å². The van der Waals surface area contributed by atoms with Gasteiger partial charge in [-0.2, -0.15) is 0 Å². The molecule has 2 rings (SSSR count). The van der Waals surface area contributed by atoms with Gasteiger partial charge in [-0.1, -0.05) is 32.9 Å². The molecule has 0 heterocycles. The minimum atomic E-state index is -0.230. The number of hydrogen-bond donors (Lipinski definition) is 2. The molecule has 0 aliphatic carbocycles. The normalized spacial score (nSPS) is 12.3. The van der Waals surface area contributed by atoms with Crippen molar-refractivity contribution in [1.29, 1.82) is 0 Å². The highest BCUT2D eigenvalue weighted by molar-refractivity contribution is 8.00. The highest BCUT2D eigenvalue weighted by Crippen LogP contribution is 2.26. The molecule has 0 saturated heterocycles. The van der Waals surface area contributed by atoms with Gasteiger partial charge in [-0.15, -0.1) is 11.8 Å². The van der Waals surface area contributed by atoms with Crippen molar-refractivity contribution in [2.45, 2.75) is 51.2 Å². The molecule has 2 aromatic rings. The first-order valence-electron chi connectivity index (χ1n) is 9.06. The predicted octanol–water partition coefficient (Wildman–Crippen LogP) is 5.49. The number of rotatable bonds is 6. The van der Waals surface area contributed by atoms with Crippen molar-refractivity contribution in [2.24, 2.45) is 5.41 Å². The number of aryl methyl sites for hydroxylation is 1. The Morgan fingerprint density at radius 3 is 2.26 bits per heavy atom. The fourth-order valence-corrected chi connectivity index (χ4v) is 3.40. The van der Waals surface area contributed by atoms with Crippen LogP contribution in [0.3, 0.4) is 0 Å². The third-order valence-electron chi connectivity index (χ3n) is 3.80. The fraction of sp³-hybridized carbons (Fsp3) is 0.364. The van der Waals surface area contributed by atoms with Gasteiger partial charge in [0.05, 0.1) is 5.25 Å². The largest absolute Gasteiger partial charge is 0.326 e. The zero-order valence-electron chi connectivity index (χ0n) is 16.6. The quantitative estimate of drug-likeness (QED) is 0.648. The number of amides is 2. The van der Waals surface area contributed by atoms with Crippen molar-refractivity contribution in [2.75, 3.05) is 10.6 Å². The molecule has 0 spiro atoms. The minimum absolute atomic E-state index is 0.00815. The molecular formula is C22H28N2O2S. The Hall–Kier alpha value is -2.27. The van der Waals surface area contributed by atoms with Crippen molar-refractivity contribution < 1.29 is 9.59 Å². The lowest BCUT2D eigenvalue weighted by Gasteiger charge is -2.17. The molecule has 5 heteroatoms. The van der Waals surface area contributed by atoms with Gasteiger partial charge in [-0.05, 0) is 61.2 Å². The molecule has 0 fully saturated rings. The molecule has 144 valence electrons. The standard InChI is InChI=1S/C22H28N2O2S/c1-15-7-6-8-18(13-15)24-21(26)16(2)27-19-11-9-17(10-12-19)23-20(25)14-22(3,4)5/h6-13,16H,14H2,1-5H3,(H,23,25)(H,24,26). The third kappa shape index (κ3) is 7.47. The summed E-state index contributed by atoms with van der Waals surface area (Å²) in [5.41, 5.74) is 2.65. The van der Waals surface area contributed by atoms with Gasteiger partial charge in [-0.25, -0.2) is 0 Å². The molecule has 27 heavy (non-hydrogen) atoms. The first-order valence-corrected chi connectivity index (χ1v) is 9.94. The molecule has 0 aromatic heterocycles. The molecule has 0 radical (unpaired) electrons. The summed E-state index contributed by atoms with van der Waals surface area (Å²) in [6.45, 7) is 9.99. The van der Waals surface area contributed by atoms with E-state index in [0.29, 0.717) is 6.42 Å². The lowest BCUT2D eigenvalue weighted by atomic mass is 9.92. The molecule has 1 unspecified atom stereocenters. The van der Waals surface area contributed by atoms with Crippen LogP contribution in [0.15, 0.2) is 53.4 Å². The zero-order chi connectivity index (χ0) is 20.0. The maximum Gasteiger partial charge on any atom is 0.237 e. The summed E-state index contributed by atoms with van der Waals surface area (Å²) in [4.78, 5) is 25.4. The second-order valence-corrected chi connectivity index (χ2v) is 9.34. The average Bonchev–Trinajstić information content (AvgIpc) is 2.55. The second kappa shape index (κ2) is 9.09. The molecule has 4 nitrogen and oxygen atoms in total. The van der Waals surface area contributed by atoms with E-state index in [9.17, 15) is 9.59 Å². The van der Waals surface area contributed by atoms with Gasteiger partial charge in [0.25, 0.3) is 0 Å². The third-order valence-corrected chi connectivity index (χ3v) is 4.91. The number of nitrogens with one attached hydrogen (secondary N) is 2. The smallest absolute Gasteiger partial charge is 0.237 e. The SMILES string of the molecule is Cc1cccc(NC(=O)C(C)Sc2ccc(NC(=O)CC(C)(C)C)cc2)c1. The van der Waals surface area contributed by atoms with Gasteiger partial charge in [-0.3, -0.25) is 9.59 Å². The van der Waals surface area contributed by atoms with Crippen molar-refractivity contribution in [1.82, 2.24) is 0 Å². The van der Waals surface area contributed by atoms with Crippen LogP contribution in [-0.2, 0) is 9.59 Å². The number of benzene rings is 2. The van der Waals surface area contributed by atoms with E-state index in [1.165, 1.54) is 11.8 Å². The summed E-state index contributed by atoms with van der Waals surface area (Å²) >= 11 is 1.49. The molecule has 1 atom stereocenters. The molecule has 2 N–H and O–H groups in total. The summed E-state index contributed by atoms with van der Waals surface area (Å²) in [5.74, 6) is -0.0260. The molecule has 0 aliphatic rings. The van der Waals surface area contributed by atoms with Gasteiger partial charge in [0.2, 0.25) is 11.8 Å². The van der Waals surface area contributed by atoms with Crippen LogP contribution in [0.25, 0.3) is 0 Å². The predicted molar refractivity (Wildman–Crippen MR) is 114 cm³/mol. The topological polar surface area (TPSA) is 58.2 Å². The number of thioether (sulfide) groups is 1. The second-order valence-electron chi connectivity index (χ2n) is 7.93. The van der Waals surface area contributed by atoms with Crippen LogP contribution in [0.4, 0.5) is 11.4 Å². The van der Waals surface area contributed by atoms with Crippen molar-refractivity contribution in [3.63, 3.8) is 0 Å². The molecule has 2 aromatic carbocycles. The van der Waals surface area contributed by atoms with Gasteiger partial charge in [0.15, 0.2) is 0 Å². The highest BCUT2D eigenvalue weighted by Gasteiger charge is 2.17. The molecule has 0 saturated carbocycles. The van der Waals surface area contributed by atoms with Gasteiger partial charge >= 0.3 is 0 Å². The van der Waals surface area contributed by atoms with Gasteiger partial charge < -0.3 is 10.6 Å². The monoisotopic (exact) mass is 384 g/mol. The Bertz CT molecular complexity index is 795. The number of carbonyl (C=O) groups excluding carboxylic acids is 2. The maximum atomic E-state index is 12.4. The summed E-state index contributed by atoms with van der Waals surface area (Å²) < 4.78 is 0. The van der Waals surface area contributed by atoms with E-state index in [-0.39, 0.29) is 22.5 Å². The summed E-state index contributed by atoms with van der Waals surface area (Å²) in [5, 5.41) is 5.63. The minimum Gasteiger partial charge on any atom is -0.326 e. The molecule has 2 amide bonds. The average molecular weight is 385 g/mol. The van der Waals surface area contributed by atoms with Crippen molar-refractivity contribution >= 4 is 35.0 Å². The van der Waals surface area contributed by atoms with Crippen LogP contribution in [0.2, 0.25) is 0 Å². The summed E-state index contributed by atoms with van der Waals surface area (Å²) in [6.07, 6.45) is 0.472. The van der Waals surface area contributed by atoms with E-state index >= 15 is 0 Å². The Labute approximate surface area is 166 Å². The van der Waals surface area contributed by atoms with Gasteiger partial charge in [0.1, 0.15) is 0 Å². The van der Waals surface area contributed by atoms with Crippen LogP contribution >= 0.6 is 11.8 Å². The van der Waals surface area contributed by atoms with Crippen LogP contribution < -0.4 is 10.6 Å². The summed E-state index contributed by atoms with van der Waals surface area (Å²) in [7, 11) is 0. The first kappa shape index (κ1) is 21.0. The van der Waals surface area contributed by atoms with Crippen molar-refractivity contribution in [3.05, 3.63) is 54.1 Å². The lowest BCUT2D eigenvalue weighted by Crippen LogP contribution is -2.22. The van der Waals surface area contributed by atoms with E-state index < -0.39 is 0 Å². The number of anilines is 2. The first-order chi connectivity index (χ1) is 12.6. The van der Waals surface area contributed by atoms with E-state index in [1.807, 2.05) is 83.1 Å². The Balaban J connectivity index is 1.89. The fourth-order valence-electron chi connectivity index (χ4n) is 2.53. The van der Waals surface area contributed by atoms with E-state index in [4.69, 9.17) is 0 Å². The Kier molecular flexibility index (Phi) is 7.08. The molecular weight excluding hydrogens is 356 g/mol. The maximum absolute atomic E-state index is 12.4. The van der Waals surface area contributed by atoms with Crippen LogP contribution in [-0.4, -0.2) is 17.1 Å². The highest BCUT2D eigenvalue weighted by atomic mass is 32.2. The number of hydrogen-bond acceptors (Lipinski definition) is 3. The number of carbonyl (C=O) groups is 2. The van der Waals surface area contributed by atoms with E-state index in [0.717, 1.165) is 21.8 Å².